The number of H-pyrrole nitrogens is 1. The van der Waals surface area contributed by atoms with E-state index in [4.69, 9.17) is 15.2 Å². The van der Waals surface area contributed by atoms with Crippen molar-refractivity contribution in [2.24, 2.45) is 5.41 Å². The summed E-state index contributed by atoms with van der Waals surface area (Å²) in [6.45, 7) is 8.65. The molecule has 0 saturated carbocycles. The van der Waals surface area contributed by atoms with Crippen molar-refractivity contribution in [2.45, 2.75) is 34.1 Å². The SMILES string of the molecule is CC1(C(=O)O)C=CC=C(C(=O)O)C1.CCNc1ccc(-c2cncc(-c3cc(-c4cccc(C)n4)nc4[nH]ccc34)c2)c(C)c1. The largest absolute Gasteiger partial charge is 0.481 e. The molecule has 9 nitrogen and oxygen atoms in total. The number of allylic oxidation sites excluding steroid dienone is 2. The van der Waals surface area contributed by atoms with Gasteiger partial charge in [0.2, 0.25) is 0 Å². The van der Waals surface area contributed by atoms with E-state index >= 15 is 0 Å². The summed E-state index contributed by atoms with van der Waals surface area (Å²) < 4.78 is 0. The molecular formula is C36H35N5O4. The molecule has 1 aliphatic rings. The van der Waals surface area contributed by atoms with Gasteiger partial charge in [-0.2, -0.15) is 0 Å². The molecule has 0 amide bonds. The second kappa shape index (κ2) is 13.0. The summed E-state index contributed by atoms with van der Waals surface area (Å²) in [7, 11) is 0. The van der Waals surface area contributed by atoms with Crippen molar-refractivity contribution in [2.75, 3.05) is 11.9 Å². The van der Waals surface area contributed by atoms with E-state index < -0.39 is 17.4 Å². The van der Waals surface area contributed by atoms with Gasteiger partial charge in [0.05, 0.1) is 16.8 Å². The van der Waals surface area contributed by atoms with Crippen molar-refractivity contribution in [3.05, 3.63) is 108 Å². The summed E-state index contributed by atoms with van der Waals surface area (Å²) in [4.78, 5) is 38.7. The zero-order chi connectivity index (χ0) is 32.1. The number of carboxylic acid groups (broad SMARTS) is 2. The van der Waals surface area contributed by atoms with Crippen LogP contribution in [-0.2, 0) is 9.59 Å². The number of nitrogens with one attached hydrogen (secondary N) is 2. The van der Waals surface area contributed by atoms with Gasteiger partial charge in [-0.25, -0.2) is 9.78 Å². The fourth-order valence-electron chi connectivity index (χ4n) is 5.31. The third kappa shape index (κ3) is 6.83. The third-order valence-corrected chi connectivity index (χ3v) is 7.73. The molecule has 0 aliphatic heterocycles. The Bertz CT molecular complexity index is 1960. The first kappa shape index (κ1) is 30.9. The lowest BCUT2D eigenvalue weighted by molar-refractivity contribution is -0.145. The average molecular weight is 602 g/mol. The quantitative estimate of drug-likeness (QED) is 0.151. The van der Waals surface area contributed by atoms with Crippen LogP contribution >= 0.6 is 0 Å². The van der Waals surface area contributed by atoms with E-state index in [-0.39, 0.29) is 12.0 Å². The van der Waals surface area contributed by atoms with Crippen LogP contribution in [0.5, 0.6) is 0 Å². The second-order valence-corrected chi connectivity index (χ2v) is 11.2. The molecule has 0 spiro atoms. The average Bonchev–Trinajstić information content (AvgIpc) is 3.50. The maximum atomic E-state index is 10.8. The number of rotatable bonds is 7. The molecule has 0 fully saturated rings. The van der Waals surface area contributed by atoms with Gasteiger partial charge in [-0.1, -0.05) is 30.4 Å². The van der Waals surface area contributed by atoms with E-state index in [1.807, 2.05) is 43.7 Å². The monoisotopic (exact) mass is 601 g/mol. The number of benzene rings is 1. The Morgan fingerprint density at radius 2 is 1.73 bits per heavy atom. The molecule has 5 aromatic rings. The van der Waals surface area contributed by atoms with Gasteiger partial charge in [-0.05, 0) is 93.3 Å². The molecule has 6 rings (SSSR count). The van der Waals surface area contributed by atoms with Crippen LogP contribution in [0.2, 0.25) is 0 Å². The van der Waals surface area contributed by atoms with Crippen LogP contribution in [0.3, 0.4) is 0 Å². The lowest BCUT2D eigenvalue weighted by Gasteiger charge is -2.23. The number of aliphatic carboxylic acids is 2. The van der Waals surface area contributed by atoms with Crippen LogP contribution in [-0.4, -0.2) is 48.6 Å². The normalized spacial score (nSPS) is 15.6. The van der Waals surface area contributed by atoms with Crippen LogP contribution in [0.25, 0.3) is 44.7 Å². The number of anilines is 1. The Labute approximate surface area is 261 Å². The molecule has 228 valence electrons. The summed E-state index contributed by atoms with van der Waals surface area (Å²) in [5, 5.41) is 21.9. The van der Waals surface area contributed by atoms with Crippen LogP contribution in [0.1, 0.15) is 31.5 Å². The van der Waals surface area contributed by atoms with Gasteiger partial charge >= 0.3 is 11.9 Å². The van der Waals surface area contributed by atoms with Gasteiger partial charge in [-0.3, -0.25) is 14.8 Å². The molecule has 1 aliphatic carbocycles. The predicted octanol–water partition coefficient (Wildman–Crippen LogP) is 7.45. The van der Waals surface area contributed by atoms with Crippen LogP contribution in [0.4, 0.5) is 5.69 Å². The van der Waals surface area contributed by atoms with E-state index in [9.17, 15) is 9.59 Å². The van der Waals surface area contributed by atoms with Crippen molar-refractivity contribution < 1.29 is 19.8 Å². The van der Waals surface area contributed by atoms with Gasteiger partial charge in [0, 0.05) is 58.6 Å². The summed E-state index contributed by atoms with van der Waals surface area (Å²) >= 11 is 0. The van der Waals surface area contributed by atoms with E-state index in [0.29, 0.717) is 0 Å². The first-order valence-corrected chi connectivity index (χ1v) is 14.7. The molecular weight excluding hydrogens is 566 g/mol. The molecule has 4 heterocycles. The van der Waals surface area contributed by atoms with Gasteiger partial charge in [0.15, 0.2) is 0 Å². The molecule has 0 radical (unpaired) electrons. The number of aryl methyl sites for hydroxylation is 2. The smallest absolute Gasteiger partial charge is 0.331 e. The lowest BCUT2D eigenvalue weighted by atomic mass is 9.80. The van der Waals surface area contributed by atoms with Crippen LogP contribution < -0.4 is 5.32 Å². The Morgan fingerprint density at radius 3 is 2.42 bits per heavy atom. The minimum absolute atomic E-state index is 0.0359. The zero-order valence-corrected chi connectivity index (χ0v) is 25.6. The molecule has 45 heavy (non-hydrogen) atoms. The van der Waals surface area contributed by atoms with E-state index in [1.165, 1.54) is 36.3 Å². The fraction of sp³-hybridized carbons (Fsp3) is 0.194. The van der Waals surface area contributed by atoms with Crippen LogP contribution in [0.15, 0.2) is 97.0 Å². The Morgan fingerprint density at radius 1 is 0.956 bits per heavy atom. The minimum Gasteiger partial charge on any atom is -0.481 e. The Kier molecular flexibility index (Phi) is 8.90. The molecule has 0 bridgehead atoms. The predicted molar refractivity (Wildman–Crippen MR) is 177 cm³/mol. The highest BCUT2D eigenvalue weighted by molar-refractivity contribution is 5.96. The number of fused-ring (bicyclic) bond motifs is 1. The van der Waals surface area contributed by atoms with Gasteiger partial charge in [0.1, 0.15) is 5.65 Å². The molecule has 1 aromatic carbocycles. The Hall–Kier alpha value is -5.57. The number of pyridine rings is 3. The van der Waals surface area contributed by atoms with Gasteiger partial charge < -0.3 is 20.5 Å². The first-order valence-electron chi connectivity index (χ1n) is 14.7. The molecule has 4 aromatic heterocycles. The molecule has 1 unspecified atom stereocenters. The number of hydrogen-bond donors (Lipinski definition) is 4. The standard InChI is InChI=1S/C27H25N5.C9H10O4/c1-4-29-21-8-9-22(17(2)12-21)19-13-20(16-28-15-19)24-14-26(25-7-5-6-18(3)31-25)32-27-23(24)10-11-30-27;1-9(8(12)13)4-2-3-6(5-9)7(10)11/h5-16,29H,4H2,1-3H3,(H,30,32);2-4H,5H2,1H3,(H,10,11)(H,12,13). The first-order chi connectivity index (χ1) is 21.6. The van der Waals surface area contributed by atoms with E-state index in [0.717, 1.165) is 57.0 Å². The summed E-state index contributed by atoms with van der Waals surface area (Å²) in [6, 6.07) is 18.9. The number of aromatic amines is 1. The van der Waals surface area contributed by atoms with Crippen molar-refractivity contribution in [3.8, 4) is 33.6 Å². The molecule has 1 atom stereocenters. The maximum absolute atomic E-state index is 10.8. The molecule has 9 heteroatoms. The highest BCUT2D eigenvalue weighted by Gasteiger charge is 2.34. The summed E-state index contributed by atoms with van der Waals surface area (Å²) in [5.74, 6) is -2.06. The van der Waals surface area contributed by atoms with Crippen molar-refractivity contribution in [3.63, 3.8) is 0 Å². The van der Waals surface area contributed by atoms with E-state index in [2.05, 4.69) is 70.5 Å². The number of nitrogens with zero attached hydrogens (tertiary/aromatic N) is 3. The van der Waals surface area contributed by atoms with Gasteiger partial charge in [-0.15, -0.1) is 0 Å². The number of aromatic nitrogens is 4. The third-order valence-electron chi connectivity index (χ3n) is 7.73. The fourth-order valence-corrected chi connectivity index (χ4v) is 5.31. The van der Waals surface area contributed by atoms with E-state index in [1.54, 1.807) is 0 Å². The second-order valence-electron chi connectivity index (χ2n) is 11.2. The lowest BCUT2D eigenvalue weighted by Crippen LogP contribution is -2.28. The summed E-state index contributed by atoms with van der Waals surface area (Å²) in [6.07, 6.45) is 10.2. The highest BCUT2D eigenvalue weighted by Crippen LogP contribution is 2.34. The molecule has 4 N–H and O–H groups in total. The van der Waals surface area contributed by atoms with Crippen molar-refractivity contribution in [1.82, 2.24) is 19.9 Å². The number of carbonyl (C=O) groups is 2. The number of hydrogen-bond acceptors (Lipinski definition) is 6. The molecule has 0 saturated heterocycles. The Balaban J connectivity index is 0.000000259. The zero-order valence-electron chi connectivity index (χ0n) is 25.6. The maximum Gasteiger partial charge on any atom is 0.331 e. The topological polar surface area (TPSA) is 141 Å². The van der Waals surface area contributed by atoms with Gasteiger partial charge in [0.25, 0.3) is 0 Å². The number of carboxylic acids is 2. The van der Waals surface area contributed by atoms with Crippen molar-refractivity contribution in [1.29, 1.82) is 0 Å². The highest BCUT2D eigenvalue weighted by atomic mass is 16.4. The van der Waals surface area contributed by atoms with Crippen LogP contribution in [0, 0.1) is 19.3 Å². The minimum atomic E-state index is -1.08. The summed E-state index contributed by atoms with van der Waals surface area (Å²) in [5.41, 5.74) is 9.34. The van der Waals surface area contributed by atoms with Crippen molar-refractivity contribution >= 4 is 28.7 Å².